The second kappa shape index (κ2) is 4.49. The van der Waals surface area contributed by atoms with Crippen molar-refractivity contribution >= 4 is 0 Å². The second-order valence-corrected chi connectivity index (χ2v) is 4.10. The van der Waals surface area contributed by atoms with Crippen molar-refractivity contribution in [3.8, 4) is 0 Å². The van der Waals surface area contributed by atoms with Gasteiger partial charge in [0.2, 0.25) is 0 Å². The van der Waals surface area contributed by atoms with E-state index in [0.717, 1.165) is 5.69 Å². The average molecular weight is 215 g/mol. The summed E-state index contributed by atoms with van der Waals surface area (Å²) in [5.41, 5.74) is 8.25. The number of aromatic nitrogens is 2. The Hall–Kier alpha value is -1.61. The maximum absolute atomic E-state index is 5.91. The van der Waals surface area contributed by atoms with Crippen LogP contribution in [0.2, 0.25) is 0 Å². The molecule has 2 N–H and O–H groups in total. The van der Waals surface area contributed by atoms with Gasteiger partial charge in [-0.1, -0.05) is 30.3 Å². The lowest BCUT2D eigenvalue weighted by Gasteiger charge is -2.18. The molecule has 1 unspecified atom stereocenters. The van der Waals surface area contributed by atoms with E-state index in [9.17, 15) is 0 Å². The first-order valence-corrected chi connectivity index (χ1v) is 5.52. The van der Waals surface area contributed by atoms with E-state index in [1.807, 2.05) is 37.6 Å². The number of benzene rings is 1. The van der Waals surface area contributed by atoms with Crippen LogP contribution < -0.4 is 5.73 Å². The van der Waals surface area contributed by atoms with E-state index in [2.05, 4.69) is 28.6 Å². The first kappa shape index (κ1) is 10.9. The molecule has 1 aromatic heterocycles. The molecule has 0 aliphatic carbocycles. The highest BCUT2D eigenvalue weighted by molar-refractivity contribution is 5.21. The molecule has 84 valence electrons. The van der Waals surface area contributed by atoms with E-state index in [1.54, 1.807) is 0 Å². The van der Waals surface area contributed by atoms with Crippen molar-refractivity contribution in [1.82, 2.24) is 9.55 Å². The Labute approximate surface area is 95.9 Å². The van der Waals surface area contributed by atoms with Gasteiger partial charge in [-0.15, -0.1) is 0 Å². The molecule has 16 heavy (non-hydrogen) atoms. The molecule has 2 aromatic rings. The molecule has 0 amide bonds. The van der Waals surface area contributed by atoms with Crippen molar-refractivity contribution in [2.24, 2.45) is 5.73 Å². The van der Waals surface area contributed by atoms with E-state index in [-0.39, 0.29) is 12.1 Å². The van der Waals surface area contributed by atoms with Gasteiger partial charge in [-0.05, 0) is 19.4 Å². The zero-order valence-electron chi connectivity index (χ0n) is 9.67. The monoisotopic (exact) mass is 215 g/mol. The van der Waals surface area contributed by atoms with E-state index < -0.39 is 0 Å². The summed E-state index contributed by atoms with van der Waals surface area (Å²) in [6.45, 7) is 4.13. The molecule has 1 heterocycles. The molecule has 0 bridgehead atoms. The Morgan fingerprint density at radius 2 is 1.88 bits per heavy atom. The summed E-state index contributed by atoms with van der Waals surface area (Å²) in [4.78, 5) is 4.17. The SMILES string of the molecule is CC(c1ccccc1)n1cncc1[C@H](C)N. The highest BCUT2D eigenvalue weighted by Crippen LogP contribution is 2.21. The maximum Gasteiger partial charge on any atom is 0.0954 e. The predicted octanol–water partition coefficient (Wildman–Crippen LogP) is 2.51. The second-order valence-electron chi connectivity index (χ2n) is 4.10. The summed E-state index contributed by atoms with van der Waals surface area (Å²) in [7, 11) is 0. The first-order chi connectivity index (χ1) is 7.70. The third kappa shape index (κ3) is 1.99. The predicted molar refractivity (Wildman–Crippen MR) is 65.1 cm³/mol. The van der Waals surface area contributed by atoms with Crippen LogP contribution in [0.1, 0.15) is 37.2 Å². The third-order valence-corrected chi connectivity index (χ3v) is 2.86. The summed E-state index contributed by atoms with van der Waals surface area (Å²) in [6, 6.07) is 10.6. The van der Waals surface area contributed by atoms with Gasteiger partial charge in [-0.25, -0.2) is 4.98 Å². The third-order valence-electron chi connectivity index (χ3n) is 2.86. The summed E-state index contributed by atoms with van der Waals surface area (Å²) < 4.78 is 2.12. The molecule has 3 heteroatoms. The largest absolute Gasteiger partial charge is 0.326 e. The highest BCUT2D eigenvalue weighted by atomic mass is 15.1. The van der Waals surface area contributed by atoms with Crippen LogP contribution in [0.3, 0.4) is 0 Å². The molecule has 2 atom stereocenters. The fraction of sp³-hybridized carbons (Fsp3) is 0.308. The summed E-state index contributed by atoms with van der Waals surface area (Å²) in [5, 5.41) is 0. The van der Waals surface area contributed by atoms with Crippen molar-refractivity contribution < 1.29 is 0 Å². The van der Waals surface area contributed by atoms with E-state index in [0.29, 0.717) is 0 Å². The van der Waals surface area contributed by atoms with Crippen LogP contribution in [0.25, 0.3) is 0 Å². The number of imidazole rings is 1. The molecule has 0 aliphatic heterocycles. The molecule has 0 radical (unpaired) electrons. The minimum atomic E-state index is 0.00802. The summed E-state index contributed by atoms with van der Waals surface area (Å²) >= 11 is 0. The Morgan fingerprint density at radius 1 is 1.19 bits per heavy atom. The lowest BCUT2D eigenvalue weighted by atomic mass is 10.1. The summed E-state index contributed by atoms with van der Waals surface area (Å²) in [6.07, 6.45) is 3.68. The molecular formula is C13H17N3. The van der Waals surface area contributed by atoms with Gasteiger partial charge in [0.15, 0.2) is 0 Å². The lowest BCUT2D eigenvalue weighted by molar-refractivity contribution is 0.582. The molecule has 3 nitrogen and oxygen atoms in total. The molecule has 0 saturated carbocycles. The molecule has 1 aromatic carbocycles. The van der Waals surface area contributed by atoms with Gasteiger partial charge in [0, 0.05) is 12.2 Å². The van der Waals surface area contributed by atoms with Crippen LogP contribution in [-0.4, -0.2) is 9.55 Å². The fourth-order valence-electron chi connectivity index (χ4n) is 1.88. The molecular weight excluding hydrogens is 198 g/mol. The van der Waals surface area contributed by atoms with Gasteiger partial charge >= 0.3 is 0 Å². The average Bonchev–Trinajstić information content (AvgIpc) is 2.78. The highest BCUT2D eigenvalue weighted by Gasteiger charge is 2.13. The fourth-order valence-corrected chi connectivity index (χ4v) is 1.88. The van der Waals surface area contributed by atoms with Crippen LogP contribution in [-0.2, 0) is 0 Å². The number of hydrogen-bond donors (Lipinski definition) is 1. The van der Waals surface area contributed by atoms with Crippen molar-refractivity contribution in [2.45, 2.75) is 25.9 Å². The Kier molecular flexibility index (Phi) is 3.06. The number of rotatable bonds is 3. The molecule has 0 aliphatic rings. The smallest absolute Gasteiger partial charge is 0.0954 e. The minimum absolute atomic E-state index is 0.00802. The standard InChI is InChI=1S/C13H17N3/c1-10(14)13-8-15-9-16(13)11(2)12-6-4-3-5-7-12/h3-11H,14H2,1-2H3/t10-,11?/m0/s1. The van der Waals surface area contributed by atoms with E-state index >= 15 is 0 Å². The summed E-state index contributed by atoms with van der Waals surface area (Å²) in [5.74, 6) is 0. The molecule has 0 spiro atoms. The van der Waals surface area contributed by atoms with Crippen LogP contribution >= 0.6 is 0 Å². The van der Waals surface area contributed by atoms with Crippen LogP contribution in [0.15, 0.2) is 42.9 Å². The Balaban J connectivity index is 2.34. The van der Waals surface area contributed by atoms with E-state index in [1.165, 1.54) is 5.56 Å². The normalized spacial score (nSPS) is 14.7. The topological polar surface area (TPSA) is 43.8 Å². The van der Waals surface area contributed by atoms with Gasteiger partial charge in [-0.3, -0.25) is 0 Å². The minimum Gasteiger partial charge on any atom is -0.326 e. The van der Waals surface area contributed by atoms with Crippen molar-refractivity contribution in [3.63, 3.8) is 0 Å². The van der Waals surface area contributed by atoms with Crippen LogP contribution in [0.4, 0.5) is 0 Å². The van der Waals surface area contributed by atoms with Gasteiger partial charge in [-0.2, -0.15) is 0 Å². The zero-order valence-corrected chi connectivity index (χ0v) is 9.67. The van der Waals surface area contributed by atoms with Gasteiger partial charge in [0.05, 0.1) is 18.1 Å². The first-order valence-electron chi connectivity index (χ1n) is 5.52. The molecule has 2 rings (SSSR count). The van der Waals surface area contributed by atoms with Gasteiger partial charge in [0.25, 0.3) is 0 Å². The molecule has 0 fully saturated rings. The molecule has 0 saturated heterocycles. The van der Waals surface area contributed by atoms with Crippen molar-refractivity contribution in [3.05, 3.63) is 54.1 Å². The zero-order chi connectivity index (χ0) is 11.5. The number of nitrogens with two attached hydrogens (primary N) is 1. The van der Waals surface area contributed by atoms with Gasteiger partial charge in [0.1, 0.15) is 0 Å². The Bertz CT molecular complexity index is 445. The van der Waals surface area contributed by atoms with Crippen LogP contribution in [0, 0.1) is 0 Å². The van der Waals surface area contributed by atoms with Crippen molar-refractivity contribution in [1.29, 1.82) is 0 Å². The Morgan fingerprint density at radius 3 is 2.50 bits per heavy atom. The van der Waals surface area contributed by atoms with Gasteiger partial charge < -0.3 is 10.3 Å². The number of nitrogens with zero attached hydrogens (tertiary/aromatic N) is 2. The van der Waals surface area contributed by atoms with Crippen molar-refractivity contribution in [2.75, 3.05) is 0 Å². The maximum atomic E-state index is 5.91. The quantitative estimate of drug-likeness (QED) is 0.855. The van der Waals surface area contributed by atoms with Crippen LogP contribution in [0.5, 0.6) is 0 Å². The number of hydrogen-bond acceptors (Lipinski definition) is 2. The van der Waals surface area contributed by atoms with E-state index in [4.69, 9.17) is 5.73 Å². The lowest BCUT2D eigenvalue weighted by Crippen LogP contribution is -2.15.